The molecule has 0 spiro atoms. The van der Waals surface area contributed by atoms with Crippen LogP contribution in [0.25, 0.3) is 11.1 Å². The average Bonchev–Trinajstić information content (AvgIpc) is 3.23. The zero-order chi connectivity index (χ0) is 23.2. The number of nitrogens with zero attached hydrogens (tertiary/aromatic N) is 4. The first-order valence-electron chi connectivity index (χ1n) is 10.8. The third kappa shape index (κ3) is 5.20. The number of rotatable bonds is 9. The van der Waals surface area contributed by atoms with Crippen LogP contribution in [0.4, 0.5) is 0 Å². The summed E-state index contributed by atoms with van der Waals surface area (Å²) in [5, 5.41) is 13.9. The molecule has 1 N–H and O–H groups in total. The Balaban J connectivity index is 1.55. The summed E-state index contributed by atoms with van der Waals surface area (Å²) in [6, 6.07) is 20.6. The summed E-state index contributed by atoms with van der Waals surface area (Å²) in [5.41, 5.74) is 3.27. The first-order chi connectivity index (χ1) is 16.0. The molecule has 0 saturated carbocycles. The molecule has 4 aromatic rings. The number of ketones is 1. The van der Waals surface area contributed by atoms with Crippen molar-refractivity contribution in [2.24, 2.45) is 0 Å². The fourth-order valence-electron chi connectivity index (χ4n) is 3.66. The van der Waals surface area contributed by atoms with Crippen LogP contribution in [0.2, 0.25) is 0 Å². The van der Waals surface area contributed by atoms with Crippen molar-refractivity contribution in [2.45, 2.75) is 32.7 Å². The zero-order valence-electron chi connectivity index (χ0n) is 18.3. The lowest BCUT2D eigenvalue weighted by Gasteiger charge is -2.08. The van der Waals surface area contributed by atoms with Gasteiger partial charge < -0.3 is 5.11 Å². The summed E-state index contributed by atoms with van der Waals surface area (Å²) < 4.78 is 1.78. The number of carbonyl (C=O) groups excluding carboxylic acids is 1. The third-order valence-electron chi connectivity index (χ3n) is 5.29. The van der Waals surface area contributed by atoms with Gasteiger partial charge in [0, 0.05) is 24.6 Å². The molecule has 4 rings (SSSR count). The number of benzene rings is 2. The number of hydrogen-bond donors (Lipinski definition) is 1. The predicted octanol–water partition coefficient (Wildman–Crippen LogP) is 4.46. The molecular formula is C26H24N4O3. The van der Waals surface area contributed by atoms with Gasteiger partial charge in [-0.15, -0.1) is 5.10 Å². The number of hydrogen-bond acceptors (Lipinski definition) is 5. The molecule has 0 unspecified atom stereocenters. The molecule has 0 saturated heterocycles. The molecule has 2 aromatic carbocycles. The molecular weight excluding hydrogens is 416 g/mol. The number of aryl methyl sites for hydroxylation is 1. The largest absolute Gasteiger partial charge is 0.476 e. The second-order valence-corrected chi connectivity index (χ2v) is 7.75. The molecule has 2 aromatic heterocycles. The monoisotopic (exact) mass is 440 g/mol. The molecule has 0 bridgehead atoms. The average molecular weight is 441 g/mol. The van der Waals surface area contributed by atoms with Crippen molar-refractivity contribution >= 4 is 11.8 Å². The van der Waals surface area contributed by atoms with Crippen LogP contribution in [0.15, 0.2) is 72.9 Å². The van der Waals surface area contributed by atoms with Crippen molar-refractivity contribution in [2.75, 3.05) is 0 Å². The van der Waals surface area contributed by atoms with E-state index in [2.05, 4.69) is 22.0 Å². The molecule has 0 aliphatic rings. The van der Waals surface area contributed by atoms with Gasteiger partial charge in [-0.1, -0.05) is 67.6 Å². The number of aromatic nitrogens is 4. The van der Waals surface area contributed by atoms with E-state index in [4.69, 9.17) is 0 Å². The minimum Gasteiger partial charge on any atom is -0.476 e. The fraction of sp³-hybridized carbons (Fsp3) is 0.192. The number of Topliss-reactive ketones (excluding diaryl/α,β-unsaturated/α-hetero) is 1. The summed E-state index contributed by atoms with van der Waals surface area (Å²) in [6.07, 6.45) is 3.35. The van der Waals surface area contributed by atoms with Gasteiger partial charge >= 0.3 is 5.97 Å². The molecule has 33 heavy (non-hydrogen) atoms. The van der Waals surface area contributed by atoms with E-state index >= 15 is 0 Å². The summed E-state index contributed by atoms with van der Waals surface area (Å²) in [4.78, 5) is 32.7. The van der Waals surface area contributed by atoms with Crippen LogP contribution in [-0.2, 0) is 19.4 Å². The molecule has 166 valence electrons. The summed E-state index contributed by atoms with van der Waals surface area (Å²) in [5.74, 6) is -0.154. The summed E-state index contributed by atoms with van der Waals surface area (Å²) in [6.45, 7) is 2.53. The van der Waals surface area contributed by atoms with Crippen molar-refractivity contribution in [3.8, 4) is 11.1 Å². The zero-order valence-corrected chi connectivity index (χ0v) is 18.3. The van der Waals surface area contributed by atoms with Crippen LogP contribution in [0.5, 0.6) is 0 Å². The lowest BCUT2D eigenvalue weighted by Crippen LogP contribution is -2.09. The highest BCUT2D eigenvalue weighted by Gasteiger charge is 2.17. The Morgan fingerprint density at radius 2 is 1.70 bits per heavy atom. The Kier molecular flexibility index (Phi) is 6.69. The number of carboxylic acid groups (broad SMARTS) is 1. The summed E-state index contributed by atoms with van der Waals surface area (Å²) >= 11 is 0. The van der Waals surface area contributed by atoms with Crippen LogP contribution in [0.3, 0.4) is 0 Å². The van der Waals surface area contributed by atoms with E-state index in [0.29, 0.717) is 12.1 Å². The van der Waals surface area contributed by atoms with Gasteiger partial charge in [0.15, 0.2) is 5.69 Å². The highest BCUT2D eigenvalue weighted by atomic mass is 16.4. The number of carbonyl (C=O) groups is 2. The Bertz CT molecular complexity index is 1260. The van der Waals surface area contributed by atoms with Crippen molar-refractivity contribution in [1.29, 1.82) is 0 Å². The van der Waals surface area contributed by atoms with Gasteiger partial charge in [-0.2, -0.15) is 0 Å². The number of aromatic carboxylic acids is 1. The third-order valence-corrected chi connectivity index (χ3v) is 5.29. The Morgan fingerprint density at radius 1 is 0.939 bits per heavy atom. The maximum Gasteiger partial charge on any atom is 0.355 e. The van der Waals surface area contributed by atoms with Gasteiger partial charge in [0.1, 0.15) is 5.82 Å². The molecule has 0 fully saturated rings. The number of pyridine rings is 1. The summed E-state index contributed by atoms with van der Waals surface area (Å²) in [7, 11) is 0. The van der Waals surface area contributed by atoms with E-state index in [1.807, 2.05) is 54.6 Å². The van der Waals surface area contributed by atoms with E-state index in [1.165, 1.54) is 6.20 Å². The van der Waals surface area contributed by atoms with Crippen molar-refractivity contribution in [3.63, 3.8) is 0 Å². The van der Waals surface area contributed by atoms with Crippen LogP contribution in [0.1, 0.15) is 51.4 Å². The molecule has 0 amide bonds. The van der Waals surface area contributed by atoms with Gasteiger partial charge in [-0.25, -0.2) is 19.4 Å². The van der Waals surface area contributed by atoms with Crippen LogP contribution < -0.4 is 0 Å². The van der Waals surface area contributed by atoms with Crippen molar-refractivity contribution in [1.82, 2.24) is 19.7 Å². The van der Waals surface area contributed by atoms with E-state index in [1.54, 1.807) is 16.8 Å². The lowest BCUT2D eigenvalue weighted by atomic mass is 10.0. The van der Waals surface area contributed by atoms with Gasteiger partial charge in [-0.05, 0) is 29.2 Å². The van der Waals surface area contributed by atoms with Crippen molar-refractivity contribution < 1.29 is 14.7 Å². The van der Waals surface area contributed by atoms with E-state index in [-0.39, 0.29) is 23.7 Å². The minimum absolute atomic E-state index is 0.0216. The molecule has 7 nitrogen and oxygen atoms in total. The predicted molar refractivity (Wildman–Crippen MR) is 124 cm³/mol. The maximum absolute atomic E-state index is 12.7. The van der Waals surface area contributed by atoms with Gasteiger partial charge in [0.2, 0.25) is 11.6 Å². The molecule has 0 atom stereocenters. The van der Waals surface area contributed by atoms with E-state index in [0.717, 1.165) is 35.4 Å². The van der Waals surface area contributed by atoms with Crippen LogP contribution >= 0.6 is 0 Å². The highest BCUT2D eigenvalue weighted by Crippen LogP contribution is 2.23. The fourth-order valence-corrected chi connectivity index (χ4v) is 3.66. The second-order valence-electron chi connectivity index (χ2n) is 7.75. The number of carboxylic acids is 1. The van der Waals surface area contributed by atoms with Crippen LogP contribution in [-0.4, -0.2) is 36.6 Å². The topological polar surface area (TPSA) is 98.0 Å². The standard InChI is InChI=1S/C26H24N4O3/c1-2-7-23-28-25(22(31)16-18-8-4-3-5-9-18)29-30(23)17-19-11-13-20(14-12-19)21-10-6-15-27-24(21)26(32)33/h3-6,8-15H,2,7,16-17H2,1H3,(H,32,33). The molecule has 0 aliphatic carbocycles. The molecule has 2 heterocycles. The quantitative estimate of drug-likeness (QED) is 0.386. The Labute approximate surface area is 191 Å². The SMILES string of the molecule is CCCc1nc(C(=O)Cc2ccccc2)nn1Cc1ccc(-c2cccnc2C(=O)O)cc1. The molecule has 0 radical (unpaired) electrons. The molecule has 0 aliphatic heterocycles. The smallest absolute Gasteiger partial charge is 0.355 e. The van der Waals surface area contributed by atoms with Gasteiger partial charge in [0.05, 0.1) is 6.54 Å². The van der Waals surface area contributed by atoms with Gasteiger partial charge in [-0.3, -0.25) is 4.79 Å². The van der Waals surface area contributed by atoms with Crippen molar-refractivity contribution in [3.05, 3.63) is 101 Å². The minimum atomic E-state index is -1.06. The second kappa shape index (κ2) is 9.99. The Hall–Kier alpha value is -4.13. The first-order valence-corrected chi connectivity index (χ1v) is 10.8. The normalized spacial score (nSPS) is 10.8. The van der Waals surface area contributed by atoms with E-state index < -0.39 is 5.97 Å². The highest BCUT2D eigenvalue weighted by molar-refractivity contribution is 5.94. The lowest BCUT2D eigenvalue weighted by molar-refractivity contribution is 0.0691. The maximum atomic E-state index is 12.7. The first kappa shape index (κ1) is 22.1. The molecule has 7 heteroatoms. The van der Waals surface area contributed by atoms with E-state index in [9.17, 15) is 14.7 Å². The van der Waals surface area contributed by atoms with Crippen LogP contribution in [0, 0.1) is 0 Å². The van der Waals surface area contributed by atoms with Gasteiger partial charge in [0.25, 0.3) is 0 Å². The Morgan fingerprint density at radius 3 is 2.39 bits per heavy atom.